The fourth-order valence-electron chi connectivity index (χ4n) is 1.01. The maximum absolute atomic E-state index is 11.8. The van der Waals surface area contributed by atoms with E-state index in [-0.39, 0.29) is 10.8 Å². The third kappa shape index (κ3) is 2.70. The molecule has 0 bridgehead atoms. The molecule has 0 saturated heterocycles. The second-order valence-electron chi connectivity index (χ2n) is 2.86. The Morgan fingerprint density at radius 2 is 2.31 bits per heavy atom. The van der Waals surface area contributed by atoms with Crippen molar-refractivity contribution in [3.05, 3.63) is 34.3 Å². The van der Waals surface area contributed by atoms with Crippen LogP contribution in [0, 0.1) is 0 Å². The van der Waals surface area contributed by atoms with Crippen LogP contribution in [0.3, 0.4) is 0 Å². The summed E-state index contributed by atoms with van der Waals surface area (Å²) in [5.41, 5.74) is 0.541. The van der Waals surface area contributed by atoms with E-state index in [1.165, 1.54) is 12.7 Å². The predicted molar refractivity (Wildman–Crippen MR) is 62.5 cm³/mol. The van der Waals surface area contributed by atoms with Crippen molar-refractivity contribution in [3.63, 3.8) is 0 Å². The number of hydrogen-bond acceptors (Lipinski definition) is 5. The Labute approximate surface area is 105 Å². The first-order valence-corrected chi connectivity index (χ1v) is 7.29. The molecular weight excluding hydrogens is 316 g/mol. The van der Waals surface area contributed by atoms with Crippen molar-refractivity contribution < 1.29 is 12.8 Å². The van der Waals surface area contributed by atoms with Crippen molar-refractivity contribution in [1.29, 1.82) is 0 Å². The molecule has 0 radical (unpaired) electrons. The maximum Gasteiger partial charge on any atom is 0.250 e. The number of nitrogens with one attached hydrogen (secondary N) is 1. The summed E-state index contributed by atoms with van der Waals surface area (Å²) in [4.78, 5) is 3.82. The number of sulfonamides is 1. The number of oxazole rings is 1. The van der Waals surface area contributed by atoms with E-state index in [2.05, 4.69) is 25.6 Å². The minimum Gasteiger partial charge on any atom is -0.451 e. The van der Waals surface area contributed by atoms with Gasteiger partial charge in [0.05, 0.1) is 16.0 Å². The smallest absolute Gasteiger partial charge is 0.250 e. The highest BCUT2D eigenvalue weighted by Gasteiger charge is 2.16. The summed E-state index contributed by atoms with van der Waals surface area (Å²) in [5.74, 6) is 0. The van der Waals surface area contributed by atoms with Gasteiger partial charge >= 0.3 is 0 Å². The monoisotopic (exact) mass is 322 g/mol. The average molecular weight is 323 g/mol. The van der Waals surface area contributed by atoms with Crippen molar-refractivity contribution in [2.75, 3.05) is 0 Å². The van der Waals surface area contributed by atoms with E-state index in [1.54, 1.807) is 12.1 Å². The molecule has 2 heterocycles. The summed E-state index contributed by atoms with van der Waals surface area (Å²) in [7, 11) is -3.46. The van der Waals surface area contributed by atoms with Gasteiger partial charge in [-0.3, -0.25) is 0 Å². The fraction of sp³-hybridized carbons (Fsp3) is 0.125. The third-order valence-corrected chi connectivity index (χ3v) is 5.26. The van der Waals surface area contributed by atoms with Gasteiger partial charge in [-0.05, 0) is 28.1 Å². The lowest BCUT2D eigenvalue weighted by atomic mass is 10.5. The van der Waals surface area contributed by atoms with E-state index in [4.69, 9.17) is 4.42 Å². The van der Waals surface area contributed by atoms with Crippen LogP contribution in [-0.2, 0) is 16.6 Å². The molecule has 2 aromatic heterocycles. The summed E-state index contributed by atoms with van der Waals surface area (Å²) >= 11 is 4.37. The van der Waals surface area contributed by atoms with Gasteiger partial charge in [-0.25, -0.2) is 18.1 Å². The molecule has 0 fully saturated rings. The highest BCUT2D eigenvalue weighted by molar-refractivity contribution is 9.11. The molecule has 0 atom stereocenters. The lowest BCUT2D eigenvalue weighted by Crippen LogP contribution is -2.22. The topological polar surface area (TPSA) is 72.2 Å². The van der Waals surface area contributed by atoms with Crippen LogP contribution >= 0.6 is 27.3 Å². The minimum absolute atomic E-state index is 0.119. The van der Waals surface area contributed by atoms with Crippen LogP contribution in [0.25, 0.3) is 0 Å². The third-order valence-electron chi connectivity index (χ3n) is 1.74. The number of aromatic nitrogens is 1. The molecule has 0 aliphatic heterocycles. The van der Waals surface area contributed by atoms with Crippen molar-refractivity contribution in [3.8, 4) is 0 Å². The predicted octanol–water partition coefficient (Wildman–Crippen LogP) is 1.98. The van der Waals surface area contributed by atoms with Gasteiger partial charge in [-0.15, -0.1) is 11.3 Å². The van der Waals surface area contributed by atoms with Crippen LogP contribution in [-0.4, -0.2) is 13.4 Å². The minimum atomic E-state index is -3.46. The van der Waals surface area contributed by atoms with Crippen molar-refractivity contribution in [2.45, 2.75) is 10.8 Å². The second-order valence-corrected chi connectivity index (χ2v) is 7.32. The van der Waals surface area contributed by atoms with E-state index < -0.39 is 10.0 Å². The Kier molecular flexibility index (Phi) is 3.43. The first kappa shape index (κ1) is 11.8. The summed E-state index contributed by atoms with van der Waals surface area (Å²) in [6.45, 7) is 0.119. The Balaban J connectivity index is 2.09. The van der Waals surface area contributed by atoms with Crippen LogP contribution in [0.2, 0.25) is 0 Å². The number of hydrogen-bond donors (Lipinski definition) is 1. The van der Waals surface area contributed by atoms with Gasteiger partial charge in [0.2, 0.25) is 10.0 Å². The molecule has 0 amide bonds. The standard InChI is InChI=1S/C8H7BrN2O3S2/c9-7-1-2-8(15-7)16(12,13)11-3-6-4-14-5-10-6/h1-2,4-5,11H,3H2. The van der Waals surface area contributed by atoms with Crippen molar-refractivity contribution in [2.24, 2.45) is 0 Å². The largest absolute Gasteiger partial charge is 0.451 e. The Morgan fingerprint density at radius 1 is 1.50 bits per heavy atom. The molecule has 16 heavy (non-hydrogen) atoms. The summed E-state index contributed by atoms with van der Waals surface area (Å²) in [6.07, 6.45) is 2.65. The highest BCUT2D eigenvalue weighted by atomic mass is 79.9. The lowest BCUT2D eigenvalue weighted by Gasteiger charge is -2.01. The normalized spacial score (nSPS) is 11.8. The van der Waals surface area contributed by atoms with E-state index in [0.717, 1.165) is 15.1 Å². The van der Waals surface area contributed by atoms with E-state index >= 15 is 0 Å². The molecule has 0 unspecified atom stereocenters. The molecule has 1 N–H and O–H groups in total. The Morgan fingerprint density at radius 3 is 2.88 bits per heavy atom. The van der Waals surface area contributed by atoms with E-state index in [1.807, 2.05) is 0 Å². The Bertz CT molecular complexity index is 562. The van der Waals surface area contributed by atoms with Crippen LogP contribution in [0.15, 0.2) is 37.2 Å². The fourth-order valence-corrected chi connectivity index (χ4v) is 4.06. The van der Waals surface area contributed by atoms with Gasteiger partial charge in [-0.2, -0.15) is 0 Å². The van der Waals surface area contributed by atoms with Gasteiger partial charge < -0.3 is 4.42 Å². The maximum atomic E-state index is 11.8. The van der Waals surface area contributed by atoms with Gasteiger partial charge in [0, 0.05) is 0 Å². The number of rotatable bonds is 4. The van der Waals surface area contributed by atoms with Crippen molar-refractivity contribution >= 4 is 37.3 Å². The number of halogens is 1. The second kappa shape index (κ2) is 4.66. The van der Waals surface area contributed by atoms with E-state index in [0.29, 0.717) is 5.69 Å². The van der Waals surface area contributed by atoms with Crippen LogP contribution in [0.5, 0.6) is 0 Å². The summed E-state index contributed by atoms with van der Waals surface area (Å²) in [6, 6.07) is 3.23. The SMILES string of the molecule is O=S(=O)(NCc1cocn1)c1ccc(Br)s1. The first-order chi connectivity index (χ1) is 7.58. The molecule has 86 valence electrons. The van der Waals surface area contributed by atoms with Crippen LogP contribution in [0.4, 0.5) is 0 Å². The number of thiophene rings is 1. The zero-order valence-corrected chi connectivity index (χ0v) is 11.1. The molecular formula is C8H7BrN2O3S2. The van der Waals surface area contributed by atoms with Gasteiger partial charge in [0.1, 0.15) is 10.5 Å². The van der Waals surface area contributed by atoms with Crippen LogP contribution in [0.1, 0.15) is 5.69 Å². The first-order valence-electron chi connectivity index (χ1n) is 4.20. The number of nitrogens with zero attached hydrogens (tertiary/aromatic N) is 1. The molecule has 0 aliphatic carbocycles. The molecule has 2 aromatic rings. The van der Waals surface area contributed by atoms with Crippen molar-refractivity contribution in [1.82, 2.24) is 9.71 Å². The van der Waals surface area contributed by atoms with Gasteiger partial charge in [-0.1, -0.05) is 0 Å². The molecule has 8 heteroatoms. The van der Waals surface area contributed by atoms with Gasteiger partial charge in [0.25, 0.3) is 0 Å². The molecule has 0 aliphatic rings. The molecule has 0 saturated carbocycles. The van der Waals surface area contributed by atoms with Gasteiger partial charge in [0.15, 0.2) is 6.39 Å². The average Bonchev–Trinajstić information content (AvgIpc) is 2.85. The molecule has 0 aromatic carbocycles. The zero-order chi connectivity index (χ0) is 11.6. The summed E-state index contributed by atoms with van der Waals surface area (Å²) in [5, 5.41) is 0. The quantitative estimate of drug-likeness (QED) is 0.934. The van der Waals surface area contributed by atoms with E-state index in [9.17, 15) is 8.42 Å². The Hall–Kier alpha value is -0.700. The lowest BCUT2D eigenvalue weighted by molar-refractivity contribution is 0.555. The molecule has 2 rings (SSSR count). The molecule has 5 nitrogen and oxygen atoms in total. The zero-order valence-electron chi connectivity index (χ0n) is 7.88. The van der Waals surface area contributed by atoms with Crippen LogP contribution < -0.4 is 4.72 Å². The summed E-state index contributed by atoms with van der Waals surface area (Å²) < 4.78 is 31.7. The highest BCUT2D eigenvalue weighted by Crippen LogP contribution is 2.25. The molecule has 0 spiro atoms.